The lowest BCUT2D eigenvalue weighted by molar-refractivity contribution is -0.123. The number of hydrogen-bond acceptors (Lipinski definition) is 5. The highest BCUT2D eigenvalue weighted by atomic mass is 16.5. The minimum atomic E-state index is -0.861. The van der Waals surface area contributed by atoms with Crippen LogP contribution in [0.15, 0.2) is 49.1 Å². The molecule has 0 atom stereocenters. The minimum absolute atomic E-state index is 0.0578. The smallest absolute Gasteiger partial charge is 0.342 e. The van der Waals surface area contributed by atoms with Crippen LogP contribution in [0, 0.1) is 0 Å². The Morgan fingerprint density at radius 2 is 1.83 bits per heavy atom. The molecule has 24 heavy (non-hydrogen) atoms. The summed E-state index contributed by atoms with van der Waals surface area (Å²) in [5, 5.41) is 15.8. The zero-order valence-corrected chi connectivity index (χ0v) is 12.7. The normalized spacial score (nSPS) is 10.0. The van der Waals surface area contributed by atoms with Crippen LogP contribution in [-0.2, 0) is 9.53 Å². The van der Waals surface area contributed by atoms with E-state index >= 15 is 0 Å². The molecule has 7 heteroatoms. The molecule has 2 aromatic carbocycles. The van der Waals surface area contributed by atoms with Crippen LogP contribution < -0.4 is 10.6 Å². The number of phenols is 1. The first kappa shape index (κ1) is 17.0. The van der Waals surface area contributed by atoms with E-state index in [0.29, 0.717) is 0 Å². The Bertz CT molecular complexity index is 801. The molecular formula is C17H16N2O5. The first-order valence-electron chi connectivity index (χ1n) is 7.08. The highest BCUT2D eigenvalue weighted by molar-refractivity contribution is 6.00. The van der Waals surface area contributed by atoms with Crippen molar-refractivity contribution in [1.82, 2.24) is 10.6 Å². The van der Waals surface area contributed by atoms with Gasteiger partial charge in [0.05, 0.1) is 0 Å². The lowest BCUT2D eigenvalue weighted by atomic mass is 10.1. The van der Waals surface area contributed by atoms with Gasteiger partial charge in [-0.05, 0) is 22.9 Å². The number of aromatic hydroxyl groups is 1. The number of fused-ring (bicyclic) bond motifs is 1. The van der Waals surface area contributed by atoms with E-state index in [1.54, 1.807) is 18.2 Å². The van der Waals surface area contributed by atoms with Crippen LogP contribution >= 0.6 is 0 Å². The van der Waals surface area contributed by atoms with Crippen molar-refractivity contribution in [3.63, 3.8) is 0 Å². The second-order valence-corrected chi connectivity index (χ2v) is 4.84. The first-order valence-corrected chi connectivity index (χ1v) is 7.08. The summed E-state index contributed by atoms with van der Waals surface area (Å²) in [5.74, 6) is -1.90. The van der Waals surface area contributed by atoms with Gasteiger partial charge in [-0.3, -0.25) is 10.1 Å². The van der Waals surface area contributed by atoms with Crippen LogP contribution in [0.5, 0.6) is 5.75 Å². The summed E-state index contributed by atoms with van der Waals surface area (Å²) in [6.45, 7) is 2.97. The topological polar surface area (TPSA) is 105 Å². The third kappa shape index (κ3) is 4.33. The van der Waals surface area contributed by atoms with Crippen LogP contribution in [0.3, 0.4) is 0 Å². The quantitative estimate of drug-likeness (QED) is 0.572. The molecule has 7 nitrogen and oxygen atoms in total. The molecule has 0 bridgehead atoms. The Hall–Kier alpha value is -3.35. The predicted octanol–water partition coefficient (Wildman–Crippen LogP) is 1.71. The fourth-order valence-corrected chi connectivity index (χ4v) is 1.97. The fraction of sp³-hybridized carbons (Fsp3) is 0.118. The van der Waals surface area contributed by atoms with E-state index in [9.17, 15) is 19.5 Å². The van der Waals surface area contributed by atoms with Crippen LogP contribution in [-0.4, -0.2) is 36.2 Å². The molecule has 2 aromatic rings. The Balaban J connectivity index is 1.97. The van der Waals surface area contributed by atoms with Crippen molar-refractivity contribution in [2.75, 3.05) is 13.2 Å². The van der Waals surface area contributed by atoms with E-state index < -0.39 is 24.5 Å². The molecule has 2 rings (SSSR count). The third-order valence-electron chi connectivity index (χ3n) is 3.08. The third-order valence-corrected chi connectivity index (χ3v) is 3.08. The molecule has 0 fully saturated rings. The van der Waals surface area contributed by atoms with Gasteiger partial charge in [0.1, 0.15) is 11.3 Å². The number of benzene rings is 2. The van der Waals surface area contributed by atoms with Gasteiger partial charge in [-0.25, -0.2) is 9.59 Å². The first-order chi connectivity index (χ1) is 11.5. The number of phenolic OH excluding ortho intramolecular Hbond substituents is 1. The van der Waals surface area contributed by atoms with Crippen molar-refractivity contribution < 1.29 is 24.2 Å². The van der Waals surface area contributed by atoms with E-state index in [4.69, 9.17) is 4.74 Å². The fourth-order valence-electron chi connectivity index (χ4n) is 1.97. The van der Waals surface area contributed by atoms with E-state index in [0.717, 1.165) is 10.8 Å². The molecule has 0 saturated carbocycles. The van der Waals surface area contributed by atoms with Gasteiger partial charge in [0, 0.05) is 6.54 Å². The average molecular weight is 328 g/mol. The summed E-state index contributed by atoms with van der Waals surface area (Å²) < 4.78 is 4.81. The Morgan fingerprint density at radius 1 is 1.17 bits per heavy atom. The second-order valence-electron chi connectivity index (χ2n) is 4.84. The largest absolute Gasteiger partial charge is 0.507 e. The summed E-state index contributed by atoms with van der Waals surface area (Å²) in [7, 11) is 0. The SMILES string of the molecule is C=CCNC(=O)NC(=O)COC(=O)c1cc2ccccc2cc1O. The van der Waals surface area contributed by atoms with E-state index in [2.05, 4.69) is 11.9 Å². The van der Waals surface area contributed by atoms with Crippen LogP contribution in [0.25, 0.3) is 10.8 Å². The van der Waals surface area contributed by atoms with Crippen molar-refractivity contribution in [3.05, 3.63) is 54.6 Å². The standard InChI is InChI=1S/C17H16N2O5/c1-2-7-18-17(23)19-15(21)10-24-16(22)13-8-11-5-3-4-6-12(11)9-14(13)20/h2-6,8-9,20H,1,7,10H2,(H2,18,19,21,23). The zero-order chi connectivity index (χ0) is 17.5. The summed E-state index contributed by atoms with van der Waals surface area (Å²) in [5.41, 5.74) is -0.0578. The highest BCUT2D eigenvalue weighted by Crippen LogP contribution is 2.25. The maximum atomic E-state index is 12.0. The van der Waals surface area contributed by atoms with Crippen LogP contribution in [0.4, 0.5) is 4.79 Å². The van der Waals surface area contributed by atoms with E-state index in [1.807, 2.05) is 11.4 Å². The van der Waals surface area contributed by atoms with Gasteiger partial charge in [-0.15, -0.1) is 6.58 Å². The molecule has 0 aliphatic carbocycles. The van der Waals surface area contributed by atoms with Crippen molar-refractivity contribution in [2.24, 2.45) is 0 Å². The van der Waals surface area contributed by atoms with Crippen molar-refractivity contribution >= 4 is 28.7 Å². The van der Waals surface area contributed by atoms with Crippen molar-refractivity contribution in [1.29, 1.82) is 0 Å². The van der Waals surface area contributed by atoms with Gasteiger partial charge >= 0.3 is 12.0 Å². The maximum absolute atomic E-state index is 12.0. The number of esters is 1. The van der Waals surface area contributed by atoms with Gasteiger partial charge in [0.25, 0.3) is 5.91 Å². The summed E-state index contributed by atoms with van der Waals surface area (Å²) >= 11 is 0. The van der Waals surface area contributed by atoms with Gasteiger partial charge in [-0.1, -0.05) is 30.3 Å². The summed E-state index contributed by atoms with van der Waals surface area (Å²) in [4.78, 5) is 34.8. The highest BCUT2D eigenvalue weighted by Gasteiger charge is 2.16. The van der Waals surface area contributed by atoms with Gasteiger partial charge in [0.15, 0.2) is 6.61 Å². The van der Waals surface area contributed by atoms with Gasteiger partial charge in [-0.2, -0.15) is 0 Å². The van der Waals surface area contributed by atoms with Gasteiger partial charge < -0.3 is 15.2 Å². The van der Waals surface area contributed by atoms with Crippen LogP contribution in [0.1, 0.15) is 10.4 Å². The molecule has 0 radical (unpaired) electrons. The number of urea groups is 1. The number of amides is 3. The Kier molecular flexibility index (Phi) is 5.51. The monoisotopic (exact) mass is 328 g/mol. The van der Waals surface area contributed by atoms with E-state index in [-0.39, 0.29) is 17.9 Å². The van der Waals surface area contributed by atoms with E-state index in [1.165, 1.54) is 18.2 Å². The molecule has 0 saturated heterocycles. The number of ether oxygens (including phenoxy) is 1. The lowest BCUT2D eigenvalue weighted by Crippen LogP contribution is -2.41. The number of carbonyl (C=O) groups excluding carboxylic acids is 3. The molecule has 124 valence electrons. The maximum Gasteiger partial charge on any atom is 0.342 e. The molecule has 0 aliphatic heterocycles. The molecule has 3 amide bonds. The average Bonchev–Trinajstić information content (AvgIpc) is 2.57. The molecule has 0 spiro atoms. The summed E-state index contributed by atoms with van der Waals surface area (Å²) in [6, 6.07) is 9.37. The van der Waals surface area contributed by atoms with Gasteiger partial charge in [0.2, 0.25) is 0 Å². The number of rotatable bonds is 5. The number of nitrogens with one attached hydrogen (secondary N) is 2. The Morgan fingerprint density at radius 3 is 2.50 bits per heavy atom. The number of imide groups is 1. The Labute approximate surface area is 137 Å². The second kappa shape index (κ2) is 7.77. The number of carbonyl (C=O) groups is 3. The molecular weight excluding hydrogens is 312 g/mol. The molecule has 0 unspecified atom stereocenters. The predicted molar refractivity (Wildman–Crippen MR) is 87.6 cm³/mol. The molecule has 0 aliphatic rings. The minimum Gasteiger partial charge on any atom is -0.507 e. The zero-order valence-electron chi connectivity index (χ0n) is 12.7. The van der Waals surface area contributed by atoms with Crippen molar-refractivity contribution in [3.8, 4) is 5.75 Å². The summed E-state index contributed by atoms with van der Waals surface area (Å²) in [6.07, 6.45) is 1.45. The molecule has 3 N–H and O–H groups in total. The lowest BCUT2D eigenvalue weighted by Gasteiger charge is -2.08. The molecule has 0 aromatic heterocycles. The number of hydrogen-bond donors (Lipinski definition) is 3. The van der Waals surface area contributed by atoms with Crippen LogP contribution in [0.2, 0.25) is 0 Å². The van der Waals surface area contributed by atoms with Crippen molar-refractivity contribution in [2.45, 2.75) is 0 Å². The molecule has 0 heterocycles.